The van der Waals surface area contributed by atoms with Gasteiger partial charge in [-0.15, -0.1) is 0 Å². The SMILES string of the molecule is CC1C=c2cc(Cl)cc(C=O)c2=N1. The highest BCUT2D eigenvalue weighted by Crippen LogP contribution is 2.05. The van der Waals surface area contributed by atoms with Crippen LogP contribution in [-0.2, 0) is 0 Å². The second kappa shape index (κ2) is 2.96. The molecule has 0 bridgehead atoms. The lowest BCUT2D eigenvalue weighted by molar-refractivity contribution is 0.112. The van der Waals surface area contributed by atoms with E-state index in [9.17, 15) is 4.79 Å². The number of carbonyl (C=O) groups excluding carboxylic acids is 1. The Labute approximate surface area is 80.6 Å². The van der Waals surface area contributed by atoms with Gasteiger partial charge in [0.1, 0.15) is 0 Å². The van der Waals surface area contributed by atoms with Crippen molar-refractivity contribution in [2.45, 2.75) is 13.0 Å². The molecule has 66 valence electrons. The molecule has 0 radical (unpaired) electrons. The average Bonchev–Trinajstić information content (AvgIpc) is 2.43. The largest absolute Gasteiger partial charge is 0.298 e. The Kier molecular flexibility index (Phi) is 1.93. The Morgan fingerprint density at radius 1 is 1.54 bits per heavy atom. The molecule has 1 aromatic rings. The van der Waals surface area contributed by atoms with E-state index < -0.39 is 0 Å². The van der Waals surface area contributed by atoms with E-state index in [2.05, 4.69) is 4.99 Å². The van der Waals surface area contributed by atoms with Gasteiger partial charge in [0, 0.05) is 15.8 Å². The molecule has 0 spiro atoms. The van der Waals surface area contributed by atoms with Gasteiger partial charge in [0.15, 0.2) is 6.29 Å². The highest BCUT2D eigenvalue weighted by molar-refractivity contribution is 6.30. The lowest BCUT2D eigenvalue weighted by Gasteiger charge is -1.92. The summed E-state index contributed by atoms with van der Waals surface area (Å²) >= 11 is 5.83. The van der Waals surface area contributed by atoms with Gasteiger partial charge in [-0.25, -0.2) is 0 Å². The number of carbonyl (C=O) groups is 1. The van der Waals surface area contributed by atoms with Gasteiger partial charge in [0.2, 0.25) is 0 Å². The van der Waals surface area contributed by atoms with E-state index in [0.29, 0.717) is 10.6 Å². The van der Waals surface area contributed by atoms with Crippen molar-refractivity contribution in [2.24, 2.45) is 4.99 Å². The monoisotopic (exact) mass is 193 g/mol. The number of nitrogens with zero attached hydrogens (tertiary/aromatic N) is 1. The molecule has 0 fully saturated rings. The molecule has 2 nitrogen and oxygen atoms in total. The maximum atomic E-state index is 10.7. The van der Waals surface area contributed by atoms with Crippen LogP contribution >= 0.6 is 11.6 Å². The van der Waals surface area contributed by atoms with Gasteiger partial charge in [-0.2, -0.15) is 0 Å². The summed E-state index contributed by atoms with van der Waals surface area (Å²) < 4.78 is 0. The number of hydrogen-bond acceptors (Lipinski definition) is 2. The molecule has 1 heterocycles. The molecule has 1 aliphatic rings. The van der Waals surface area contributed by atoms with Crippen LogP contribution in [0.3, 0.4) is 0 Å². The third-order valence-electron chi connectivity index (χ3n) is 2.01. The average molecular weight is 194 g/mol. The van der Waals surface area contributed by atoms with Crippen LogP contribution < -0.4 is 10.6 Å². The van der Waals surface area contributed by atoms with Gasteiger partial charge in [-0.1, -0.05) is 17.7 Å². The molecule has 1 atom stereocenters. The minimum absolute atomic E-state index is 0.146. The summed E-state index contributed by atoms with van der Waals surface area (Å²) in [5.74, 6) is 0. The van der Waals surface area contributed by atoms with Gasteiger partial charge in [-0.05, 0) is 19.1 Å². The fourth-order valence-corrected chi connectivity index (χ4v) is 1.74. The molecule has 0 N–H and O–H groups in total. The number of aldehydes is 1. The van der Waals surface area contributed by atoms with Crippen molar-refractivity contribution in [3.05, 3.63) is 33.3 Å². The van der Waals surface area contributed by atoms with E-state index in [1.807, 2.05) is 19.1 Å². The second-order valence-electron chi connectivity index (χ2n) is 3.09. The van der Waals surface area contributed by atoms with E-state index in [1.54, 1.807) is 6.07 Å². The molecule has 0 aliphatic carbocycles. The van der Waals surface area contributed by atoms with Crippen molar-refractivity contribution < 1.29 is 4.79 Å². The van der Waals surface area contributed by atoms with Gasteiger partial charge in [0.25, 0.3) is 0 Å². The van der Waals surface area contributed by atoms with Crippen molar-refractivity contribution in [1.29, 1.82) is 0 Å². The predicted molar refractivity (Wildman–Crippen MR) is 51.5 cm³/mol. The van der Waals surface area contributed by atoms with Crippen molar-refractivity contribution in [1.82, 2.24) is 0 Å². The topological polar surface area (TPSA) is 29.4 Å². The number of hydrogen-bond donors (Lipinski definition) is 0. The molecular weight excluding hydrogens is 186 g/mol. The van der Waals surface area contributed by atoms with E-state index >= 15 is 0 Å². The normalized spacial score (nSPS) is 18.8. The lowest BCUT2D eigenvalue weighted by atomic mass is 10.2. The maximum absolute atomic E-state index is 10.7. The van der Waals surface area contributed by atoms with Crippen LogP contribution in [0.15, 0.2) is 17.1 Å². The van der Waals surface area contributed by atoms with Crippen LogP contribution in [0.2, 0.25) is 5.02 Å². The molecule has 13 heavy (non-hydrogen) atoms. The molecule has 1 aromatic carbocycles. The van der Waals surface area contributed by atoms with Crippen molar-refractivity contribution in [3.63, 3.8) is 0 Å². The molecule has 1 unspecified atom stereocenters. The van der Waals surface area contributed by atoms with Crippen LogP contribution in [0.25, 0.3) is 6.08 Å². The zero-order valence-electron chi connectivity index (χ0n) is 7.12. The molecule has 0 aromatic heterocycles. The minimum Gasteiger partial charge on any atom is -0.298 e. The Hall–Kier alpha value is -1.15. The first-order chi connectivity index (χ1) is 6.20. The van der Waals surface area contributed by atoms with Gasteiger partial charge >= 0.3 is 0 Å². The van der Waals surface area contributed by atoms with E-state index in [0.717, 1.165) is 16.9 Å². The summed E-state index contributed by atoms with van der Waals surface area (Å²) in [5.41, 5.74) is 0.572. The van der Waals surface area contributed by atoms with Crippen LogP contribution in [0, 0.1) is 0 Å². The first-order valence-electron chi connectivity index (χ1n) is 4.05. The number of benzene rings is 1. The van der Waals surface area contributed by atoms with Crippen LogP contribution in [0.4, 0.5) is 0 Å². The van der Waals surface area contributed by atoms with Crippen molar-refractivity contribution in [3.8, 4) is 0 Å². The maximum Gasteiger partial charge on any atom is 0.152 e. The van der Waals surface area contributed by atoms with Crippen LogP contribution in [-0.4, -0.2) is 12.3 Å². The Bertz CT molecular complexity index is 478. The highest BCUT2D eigenvalue weighted by Gasteiger charge is 2.07. The van der Waals surface area contributed by atoms with Crippen LogP contribution in [0.1, 0.15) is 17.3 Å². The number of rotatable bonds is 1. The van der Waals surface area contributed by atoms with E-state index in [4.69, 9.17) is 11.6 Å². The molecule has 0 amide bonds. The smallest absolute Gasteiger partial charge is 0.152 e. The zero-order valence-corrected chi connectivity index (χ0v) is 7.88. The molecule has 2 rings (SSSR count). The van der Waals surface area contributed by atoms with E-state index in [1.165, 1.54) is 0 Å². The Morgan fingerprint density at radius 3 is 3.00 bits per heavy atom. The number of fused-ring (bicyclic) bond motifs is 1. The second-order valence-corrected chi connectivity index (χ2v) is 3.52. The van der Waals surface area contributed by atoms with Gasteiger partial charge in [0.05, 0.1) is 11.4 Å². The Balaban J connectivity index is 2.86. The summed E-state index contributed by atoms with van der Waals surface area (Å²) in [7, 11) is 0. The molecular formula is C10H8ClNO. The molecule has 1 aliphatic heterocycles. The van der Waals surface area contributed by atoms with Gasteiger partial charge < -0.3 is 0 Å². The van der Waals surface area contributed by atoms with Crippen LogP contribution in [0.5, 0.6) is 0 Å². The number of halogens is 1. The molecule has 0 saturated heterocycles. The molecule has 3 heteroatoms. The Morgan fingerprint density at radius 2 is 2.31 bits per heavy atom. The minimum atomic E-state index is 0.146. The highest BCUT2D eigenvalue weighted by atomic mass is 35.5. The first kappa shape index (κ1) is 8.45. The van der Waals surface area contributed by atoms with Crippen molar-refractivity contribution >= 4 is 24.0 Å². The fraction of sp³-hybridized carbons (Fsp3) is 0.200. The summed E-state index contributed by atoms with van der Waals surface area (Å²) in [5, 5.41) is 2.32. The lowest BCUT2D eigenvalue weighted by Crippen LogP contribution is -2.25. The zero-order chi connectivity index (χ0) is 9.42. The quantitative estimate of drug-likeness (QED) is 0.611. The predicted octanol–water partition coefficient (Wildman–Crippen LogP) is 0.955. The standard InChI is InChI=1S/C10H8ClNO/c1-6-2-7-3-9(11)4-8(5-13)10(7)12-6/h2-6H,1H3. The summed E-state index contributed by atoms with van der Waals surface area (Å²) in [4.78, 5) is 15.0. The fourth-order valence-electron chi connectivity index (χ4n) is 1.51. The van der Waals surface area contributed by atoms with E-state index in [-0.39, 0.29) is 6.04 Å². The summed E-state index contributed by atoms with van der Waals surface area (Å²) in [6.07, 6.45) is 2.79. The summed E-state index contributed by atoms with van der Waals surface area (Å²) in [6.45, 7) is 1.97. The first-order valence-corrected chi connectivity index (χ1v) is 4.43. The van der Waals surface area contributed by atoms with Crippen molar-refractivity contribution in [2.75, 3.05) is 0 Å². The third-order valence-corrected chi connectivity index (χ3v) is 2.23. The summed E-state index contributed by atoms with van der Waals surface area (Å²) in [6, 6.07) is 3.62. The van der Waals surface area contributed by atoms with Gasteiger partial charge in [-0.3, -0.25) is 9.79 Å². The third kappa shape index (κ3) is 1.38. The molecule has 0 saturated carbocycles.